The van der Waals surface area contributed by atoms with Gasteiger partial charge in [-0.05, 0) is 31.9 Å². The third-order valence-corrected chi connectivity index (χ3v) is 4.54. The SMILES string of the molecule is CCOCc1nc2c(N)nc3cccnc3c2n1CCCCN(OC)C(C)=O. The zero-order valence-electron chi connectivity index (χ0n) is 16.5. The molecule has 9 heteroatoms. The van der Waals surface area contributed by atoms with Crippen LogP contribution in [0.25, 0.3) is 22.1 Å². The summed E-state index contributed by atoms with van der Waals surface area (Å²) >= 11 is 0. The van der Waals surface area contributed by atoms with Gasteiger partial charge in [-0.15, -0.1) is 0 Å². The molecule has 2 N–H and O–H groups in total. The van der Waals surface area contributed by atoms with E-state index in [1.54, 1.807) is 6.20 Å². The number of anilines is 1. The molecule has 0 bridgehead atoms. The largest absolute Gasteiger partial charge is 0.382 e. The number of imidazole rings is 1. The molecule has 9 nitrogen and oxygen atoms in total. The van der Waals surface area contributed by atoms with E-state index in [0.29, 0.717) is 37.6 Å². The molecule has 0 aromatic carbocycles. The maximum absolute atomic E-state index is 11.5. The molecule has 3 aromatic heterocycles. The molecule has 0 aliphatic rings. The van der Waals surface area contributed by atoms with E-state index < -0.39 is 0 Å². The van der Waals surface area contributed by atoms with Crippen molar-refractivity contribution in [1.82, 2.24) is 24.6 Å². The Hall–Kier alpha value is -2.78. The monoisotopic (exact) mass is 386 g/mol. The van der Waals surface area contributed by atoms with E-state index in [1.807, 2.05) is 19.1 Å². The van der Waals surface area contributed by atoms with E-state index >= 15 is 0 Å². The lowest BCUT2D eigenvalue weighted by Crippen LogP contribution is -2.28. The molecule has 3 aromatic rings. The van der Waals surface area contributed by atoms with Crippen molar-refractivity contribution < 1.29 is 14.4 Å². The first kappa shape index (κ1) is 20.0. The van der Waals surface area contributed by atoms with Gasteiger partial charge in [0.25, 0.3) is 0 Å². The van der Waals surface area contributed by atoms with Gasteiger partial charge in [0.1, 0.15) is 29.0 Å². The van der Waals surface area contributed by atoms with E-state index in [4.69, 9.17) is 15.3 Å². The fourth-order valence-corrected chi connectivity index (χ4v) is 3.22. The van der Waals surface area contributed by atoms with Gasteiger partial charge in [-0.3, -0.25) is 14.6 Å². The number of ether oxygens (including phenoxy) is 1. The predicted molar refractivity (Wildman–Crippen MR) is 106 cm³/mol. The van der Waals surface area contributed by atoms with Gasteiger partial charge in [-0.25, -0.2) is 15.0 Å². The number of hydrogen-bond acceptors (Lipinski definition) is 7. The van der Waals surface area contributed by atoms with Crippen LogP contribution in [0.1, 0.15) is 32.5 Å². The number of nitrogens with zero attached hydrogens (tertiary/aromatic N) is 5. The molecule has 0 spiro atoms. The van der Waals surface area contributed by atoms with Crippen LogP contribution in [0.2, 0.25) is 0 Å². The highest BCUT2D eigenvalue weighted by molar-refractivity contribution is 6.04. The van der Waals surface area contributed by atoms with Crippen molar-refractivity contribution >= 4 is 33.8 Å². The molecule has 1 amide bonds. The zero-order chi connectivity index (χ0) is 20.1. The third-order valence-electron chi connectivity index (χ3n) is 4.54. The van der Waals surface area contributed by atoms with E-state index in [1.165, 1.54) is 19.1 Å². The average molecular weight is 386 g/mol. The Kier molecular flexibility index (Phi) is 6.37. The zero-order valence-corrected chi connectivity index (χ0v) is 16.5. The number of nitrogens with two attached hydrogens (primary N) is 1. The van der Waals surface area contributed by atoms with Crippen molar-refractivity contribution in [3.63, 3.8) is 0 Å². The summed E-state index contributed by atoms with van der Waals surface area (Å²) in [7, 11) is 1.50. The summed E-state index contributed by atoms with van der Waals surface area (Å²) in [5.41, 5.74) is 9.18. The second-order valence-electron chi connectivity index (χ2n) is 6.39. The summed E-state index contributed by atoms with van der Waals surface area (Å²) in [4.78, 5) is 30.2. The summed E-state index contributed by atoms with van der Waals surface area (Å²) in [5.74, 6) is 1.06. The van der Waals surface area contributed by atoms with Crippen molar-refractivity contribution in [1.29, 1.82) is 0 Å². The maximum atomic E-state index is 11.5. The topological polar surface area (TPSA) is 108 Å². The molecular formula is C19H26N6O3. The van der Waals surface area contributed by atoms with Gasteiger partial charge in [0.2, 0.25) is 5.91 Å². The van der Waals surface area contributed by atoms with Crippen LogP contribution in [-0.4, -0.2) is 50.8 Å². The quantitative estimate of drug-likeness (QED) is 0.444. The van der Waals surface area contributed by atoms with Crippen LogP contribution >= 0.6 is 0 Å². The Labute approximate surface area is 163 Å². The highest BCUT2D eigenvalue weighted by Crippen LogP contribution is 2.28. The molecule has 0 saturated carbocycles. The number of hydroxylamine groups is 2. The summed E-state index contributed by atoms with van der Waals surface area (Å²) in [6, 6.07) is 3.73. The lowest BCUT2D eigenvalue weighted by Gasteiger charge is -2.17. The first-order chi connectivity index (χ1) is 13.6. The molecule has 0 atom stereocenters. The van der Waals surface area contributed by atoms with Gasteiger partial charge in [0.15, 0.2) is 5.82 Å². The van der Waals surface area contributed by atoms with Gasteiger partial charge in [-0.1, -0.05) is 0 Å². The number of pyridine rings is 2. The van der Waals surface area contributed by atoms with Crippen LogP contribution in [0.4, 0.5) is 5.82 Å². The van der Waals surface area contributed by atoms with Gasteiger partial charge in [0.05, 0.1) is 12.6 Å². The summed E-state index contributed by atoms with van der Waals surface area (Å²) in [6.45, 7) is 5.64. The van der Waals surface area contributed by atoms with Crippen LogP contribution in [0.3, 0.4) is 0 Å². The highest BCUT2D eigenvalue weighted by atomic mass is 16.7. The van der Waals surface area contributed by atoms with Gasteiger partial charge in [-0.2, -0.15) is 0 Å². The molecule has 3 rings (SSSR count). The van der Waals surface area contributed by atoms with Crippen LogP contribution in [0.5, 0.6) is 0 Å². The number of hydrogen-bond donors (Lipinski definition) is 1. The number of amides is 1. The molecule has 0 fully saturated rings. The normalized spacial score (nSPS) is 11.4. The minimum absolute atomic E-state index is 0.110. The highest BCUT2D eigenvalue weighted by Gasteiger charge is 2.18. The summed E-state index contributed by atoms with van der Waals surface area (Å²) < 4.78 is 7.70. The van der Waals surface area contributed by atoms with Crippen LogP contribution in [-0.2, 0) is 27.5 Å². The van der Waals surface area contributed by atoms with Crippen molar-refractivity contribution in [2.45, 2.75) is 39.8 Å². The Balaban J connectivity index is 1.93. The maximum Gasteiger partial charge on any atom is 0.242 e. The molecule has 0 saturated heterocycles. The fraction of sp³-hybridized carbons (Fsp3) is 0.474. The van der Waals surface area contributed by atoms with Gasteiger partial charge in [0, 0.05) is 32.8 Å². The van der Waals surface area contributed by atoms with Crippen molar-refractivity contribution in [2.24, 2.45) is 0 Å². The third kappa shape index (κ3) is 4.05. The van der Waals surface area contributed by atoms with Crippen LogP contribution in [0, 0.1) is 0 Å². The predicted octanol–water partition coefficient (Wildman–Crippen LogP) is 2.29. The average Bonchev–Trinajstić information content (AvgIpc) is 3.05. The minimum Gasteiger partial charge on any atom is -0.382 e. The standard InChI is InChI=1S/C19H26N6O3/c1-4-28-12-15-23-17-18(16-14(22-19(17)20)8-7-9-21-16)24(15)10-5-6-11-25(27-3)13(2)26/h7-9H,4-6,10-12H2,1-3H3,(H2,20,22). The second-order valence-corrected chi connectivity index (χ2v) is 6.39. The number of nitrogen functional groups attached to an aromatic ring is 1. The van der Waals surface area contributed by atoms with Crippen molar-refractivity contribution in [3.8, 4) is 0 Å². The lowest BCUT2D eigenvalue weighted by atomic mass is 10.2. The number of carbonyl (C=O) groups is 1. The molecule has 28 heavy (non-hydrogen) atoms. The van der Waals surface area contributed by atoms with Crippen LogP contribution in [0.15, 0.2) is 18.3 Å². The molecule has 3 heterocycles. The Morgan fingerprint density at radius 1 is 1.29 bits per heavy atom. The summed E-state index contributed by atoms with van der Waals surface area (Å²) in [5, 5.41) is 1.35. The van der Waals surface area contributed by atoms with Gasteiger partial charge < -0.3 is 15.0 Å². The van der Waals surface area contributed by atoms with Crippen molar-refractivity contribution in [3.05, 3.63) is 24.2 Å². The van der Waals surface area contributed by atoms with Crippen molar-refractivity contribution in [2.75, 3.05) is 26.0 Å². The van der Waals surface area contributed by atoms with E-state index in [0.717, 1.165) is 35.2 Å². The molecule has 0 radical (unpaired) electrons. The van der Waals surface area contributed by atoms with E-state index in [-0.39, 0.29) is 5.91 Å². The van der Waals surface area contributed by atoms with Gasteiger partial charge >= 0.3 is 0 Å². The first-order valence-electron chi connectivity index (χ1n) is 9.36. The minimum atomic E-state index is -0.110. The second kappa shape index (κ2) is 8.94. The van der Waals surface area contributed by atoms with E-state index in [9.17, 15) is 4.79 Å². The number of fused-ring (bicyclic) bond motifs is 3. The summed E-state index contributed by atoms with van der Waals surface area (Å²) in [6.07, 6.45) is 3.35. The Bertz CT molecular complexity index is 971. The number of aryl methyl sites for hydroxylation is 1. The fourth-order valence-electron chi connectivity index (χ4n) is 3.22. The molecule has 150 valence electrons. The number of aromatic nitrogens is 4. The lowest BCUT2D eigenvalue weighted by molar-refractivity contribution is -0.173. The Morgan fingerprint density at radius 3 is 2.82 bits per heavy atom. The molecule has 0 aliphatic carbocycles. The number of carbonyl (C=O) groups excluding carboxylic acids is 1. The molecule has 0 unspecified atom stereocenters. The number of rotatable bonds is 9. The smallest absolute Gasteiger partial charge is 0.242 e. The first-order valence-corrected chi connectivity index (χ1v) is 9.36. The van der Waals surface area contributed by atoms with E-state index in [2.05, 4.69) is 19.5 Å². The number of unbranched alkanes of at least 4 members (excludes halogenated alkanes) is 1. The van der Waals surface area contributed by atoms with Crippen LogP contribution < -0.4 is 5.73 Å². The molecular weight excluding hydrogens is 360 g/mol. The Morgan fingerprint density at radius 2 is 2.11 bits per heavy atom. The molecule has 0 aliphatic heterocycles.